The molecule has 0 saturated carbocycles. The van der Waals surface area contributed by atoms with E-state index in [0.29, 0.717) is 18.0 Å². The van der Waals surface area contributed by atoms with Crippen molar-refractivity contribution in [3.8, 4) is 5.75 Å². The molecule has 5 rings (SSSR count). The van der Waals surface area contributed by atoms with Crippen molar-refractivity contribution >= 4 is 29.2 Å². The first-order valence-electron chi connectivity index (χ1n) is 9.10. The van der Waals surface area contributed by atoms with Crippen LogP contribution in [0.5, 0.6) is 5.75 Å². The van der Waals surface area contributed by atoms with Gasteiger partial charge in [-0.2, -0.15) is 0 Å². The first-order valence-corrected chi connectivity index (χ1v) is 9.10. The van der Waals surface area contributed by atoms with Crippen molar-refractivity contribution in [1.29, 1.82) is 0 Å². The highest BCUT2D eigenvalue weighted by Crippen LogP contribution is 2.42. The van der Waals surface area contributed by atoms with Crippen LogP contribution in [0.4, 0.5) is 17.1 Å². The number of hydrogen-bond donors (Lipinski definition) is 4. The fourth-order valence-corrected chi connectivity index (χ4v) is 3.60. The van der Waals surface area contributed by atoms with Gasteiger partial charge in [-0.25, -0.2) is 20.1 Å². The Morgan fingerprint density at radius 2 is 2.14 bits per heavy atom. The molecule has 0 spiro atoms. The van der Waals surface area contributed by atoms with E-state index in [1.807, 2.05) is 30.0 Å². The third-order valence-corrected chi connectivity index (χ3v) is 5.11. The van der Waals surface area contributed by atoms with E-state index in [2.05, 4.69) is 21.1 Å². The molecule has 0 aliphatic carbocycles. The van der Waals surface area contributed by atoms with Crippen molar-refractivity contribution in [1.82, 2.24) is 5.48 Å². The number of rotatable bonds is 4. The highest BCUT2D eigenvalue weighted by molar-refractivity contribution is 5.91. The summed E-state index contributed by atoms with van der Waals surface area (Å²) in [6, 6.07) is 10.9. The molecule has 1 saturated heterocycles. The van der Waals surface area contributed by atoms with Gasteiger partial charge in [-0.1, -0.05) is 6.07 Å². The van der Waals surface area contributed by atoms with E-state index in [9.17, 15) is 9.90 Å². The van der Waals surface area contributed by atoms with Crippen molar-refractivity contribution in [2.24, 2.45) is 4.99 Å². The molecule has 1 atom stereocenters. The van der Waals surface area contributed by atoms with Crippen LogP contribution in [0.15, 0.2) is 52.8 Å². The van der Waals surface area contributed by atoms with E-state index >= 15 is 0 Å². The molecule has 9 heteroatoms. The zero-order valence-electron chi connectivity index (χ0n) is 15.8. The summed E-state index contributed by atoms with van der Waals surface area (Å²) >= 11 is 0. The summed E-state index contributed by atoms with van der Waals surface area (Å²) in [5, 5.41) is 15.9. The Morgan fingerprint density at radius 1 is 1.28 bits per heavy atom. The molecular weight excluding hydrogens is 374 g/mol. The molecule has 4 N–H and O–H groups in total. The molecule has 2 aromatic rings. The Labute approximate surface area is 166 Å². The number of nitrogens with one attached hydrogen (secondary N) is 3. The Kier molecular flexibility index (Phi) is 3.68. The first-order chi connectivity index (χ1) is 14.0. The lowest BCUT2D eigenvalue weighted by Gasteiger charge is -2.36. The van der Waals surface area contributed by atoms with Gasteiger partial charge in [0.2, 0.25) is 0 Å². The van der Waals surface area contributed by atoms with Crippen LogP contribution in [0.3, 0.4) is 0 Å². The summed E-state index contributed by atoms with van der Waals surface area (Å²) in [4.78, 5) is 23.9. The van der Waals surface area contributed by atoms with Crippen LogP contribution in [-0.2, 0) is 4.84 Å². The molecule has 3 heterocycles. The van der Waals surface area contributed by atoms with Gasteiger partial charge in [-0.15, -0.1) is 0 Å². The number of allylic oxidation sites excluding steroid dienone is 1. The van der Waals surface area contributed by atoms with Gasteiger partial charge in [0.25, 0.3) is 0 Å². The maximum absolute atomic E-state index is 11.5. The number of hydroxylamine groups is 1. The van der Waals surface area contributed by atoms with E-state index in [0.717, 1.165) is 28.5 Å². The van der Waals surface area contributed by atoms with Gasteiger partial charge < -0.3 is 20.5 Å². The zero-order chi connectivity index (χ0) is 20.2. The van der Waals surface area contributed by atoms with Gasteiger partial charge >= 0.3 is 11.9 Å². The third kappa shape index (κ3) is 2.66. The smallest absolute Gasteiger partial charge is 0.351 e. The number of aromatic carboxylic acids is 1. The Morgan fingerprint density at radius 3 is 2.97 bits per heavy atom. The van der Waals surface area contributed by atoms with Gasteiger partial charge in [0.1, 0.15) is 11.6 Å². The summed E-state index contributed by atoms with van der Waals surface area (Å²) < 4.78 is 5.51. The first kappa shape index (κ1) is 17.4. The highest BCUT2D eigenvalue weighted by Gasteiger charge is 2.49. The number of hydrogen-bond acceptors (Lipinski definition) is 8. The lowest BCUT2D eigenvalue weighted by atomic mass is 10.1. The minimum atomic E-state index is -1.30. The van der Waals surface area contributed by atoms with Gasteiger partial charge in [0.05, 0.1) is 16.9 Å². The molecule has 2 bridgehead atoms. The minimum absolute atomic E-state index is 0.217. The van der Waals surface area contributed by atoms with Gasteiger partial charge in [0.15, 0.2) is 6.73 Å². The van der Waals surface area contributed by atoms with Gasteiger partial charge in [-0.3, -0.25) is 4.90 Å². The van der Waals surface area contributed by atoms with Crippen molar-refractivity contribution in [3.05, 3.63) is 58.9 Å². The summed E-state index contributed by atoms with van der Waals surface area (Å²) in [6.45, 7) is 4.12. The van der Waals surface area contributed by atoms with Crippen LogP contribution < -0.4 is 25.8 Å². The van der Waals surface area contributed by atoms with Crippen LogP contribution in [0, 0.1) is 6.92 Å². The number of nitrogens with zero attached hydrogens (tertiary/aromatic N) is 2. The largest absolute Gasteiger partial charge is 0.478 e. The summed E-state index contributed by atoms with van der Waals surface area (Å²) in [5.74, 6) is -0.753. The number of ether oxygens (including phenoxy) is 1. The SMILES string of the molecule is CC1=C2NOC(Nc3ccc(C)c(C(=O)O)c3)(N=C1)N2c1ccc2c(c1)NCO2. The van der Waals surface area contributed by atoms with Crippen molar-refractivity contribution in [3.63, 3.8) is 0 Å². The molecule has 148 valence electrons. The number of carbonyl (C=O) groups is 1. The summed E-state index contributed by atoms with van der Waals surface area (Å²) in [5.41, 5.74) is 7.02. The predicted molar refractivity (Wildman–Crippen MR) is 108 cm³/mol. The topological polar surface area (TPSA) is 107 Å². The van der Waals surface area contributed by atoms with Crippen LogP contribution in [-0.4, -0.2) is 30.0 Å². The number of fused-ring (bicyclic) bond motifs is 3. The number of carboxylic acid groups (broad SMARTS) is 1. The van der Waals surface area contributed by atoms with Crippen LogP contribution in [0.25, 0.3) is 0 Å². The number of aryl methyl sites for hydroxylation is 1. The second-order valence-electron chi connectivity index (χ2n) is 7.04. The lowest BCUT2D eigenvalue weighted by Crippen LogP contribution is -2.51. The molecule has 2 aromatic carbocycles. The van der Waals surface area contributed by atoms with Crippen LogP contribution >= 0.6 is 0 Å². The normalized spacial score (nSPS) is 21.4. The zero-order valence-corrected chi connectivity index (χ0v) is 15.8. The Bertz CT molecular complexity index is 1100. The molecule has 3 aliphatic rings. The number of aliphatic imine (C=N–C) groups is 1. The van der Waals surface area contributed by atoms with Gasteiger partial charge in [-0.05, 0) is 49.7 Å². The van der Waals surface area contributed by atoms with E-state index in [1.54, 1.807) is 31.3 Å². The van der Waals surface area contributed by atoms with Crippen molar-refractivity contribution in [2.45, 2.75) is 19.8 Å². The van der Waals surface area contributed by atoms with Crippen molar-refractivity contribution in [2.75, 3.05) is 22.3 Å². The predicted octanol–water partition coefficient (Wildman–Crippen LogP) is 2.84. The summed E-state index contributed by atoms with van der Waals surface area (Å²) in [7, 11) is 0. The molecule has 29 heavy (non-hydrogen) atoms. The number of carboxylic acids is 1. The van der Waals surface area contributed by atoms with Crippen LogP contribution in [0.2, 0.25) is 0 Å². The average Bonchev–Trinajstić information content (AvgIpc) is 3.28. The molecule has 0 aromatic heterocycles. The molecule has 0 radical (unpaired) electrons. The fraction of sp³-hybridized carbons (Fsp3) is 0.200. The second-order valence-corrected chi connectivity index (χ2v) is 7.04. The Hall–Kier alpha value is -3.72. The molecule has 3 aliphatic heterocycles. The minimum Gasteiger partial charge on any atom is -0.478 e. The number of benzene rings is 2. The second kappa shape index (κ2) is 6.14. The summed E-state index contributed by atoms with van der Waals surface area (Å²) in [6.07, 6.45) is 1.72. The molecular formula is C20H19N5O4. The molecule has 0 amide bonds. The molecule has 9 nitrogen and oxygen atoms in total. The third-order valence-electron chi connectivity index (χ3n) is 5.11. The quantitative estimate of drug-likeness (QED) is 0.628. The van der Waals surface area contributed by atoms with Crippen molar-refractivity contribution < 1.29 is 19.5 Å². The van der Waals surface area contributed by atoms with E-state index in [-0.39, 0.29) is 5.56 Å². The number of anilines is 3. The lowest BCUT2D eigenvalue weighted by molar-refractivity contribution is -0.0214. The monoisotopic (exact) mass is 393 g/mol. The van der Waals surface area contributed by atoms with E-state index in [4.69, 9.17) is 9.57 Å². The van der Waals surface area contributed by atoms with E-state index in [1.165, 1.54) is 0 Å². The average molecular weight is 393 g/mol. The highest BCUT2D eigenvalue weighted by atomic mass is 16.7. The maximum atomic E-state index is 11.5. The molecule has 1 unspecified atom stereocenters. The van der Waals surface area contributed by atoms with Gasteiger partial charge in [0, 0.05) is 17.5 Å². The fourth-order valence-electron chi connectivity index (χ4n) is 3.60. The maximum Gasteiger partial charge on any atom is 0.351 e. The van der Waals surface area contributed by atoms with Crippen LogP contribution in [0.1, 0.15) is 22.8 Å². The standard InChI is InChI=1S/C20H19N5O4/c1-11-3-4-13(7-15(11)19(26)27)23-20-22-9-12(2)18(24-29-20)25(20)14-5-6-17-16(8-14)21-10-28-17/h3-9,21,23-24H,10H2,1-2H3,(H,26,27). The Balaban J connectivity index is 1.57. The van der Waals surface area contributed by atoms with E-state index < -0.39 is 11.9 Å². The molecule has 1 fully saturated rings.